The molecule has 0 aliphatic carbocycles. The highest BCUT2D eigenvalue weighted by molar-refractivity contribution is 7.80. The van der Waals surface area contributed by atoms with Crippen LogP contribution in [0, 0.1) is 5.92 Å². The molecule has 0 bridgehead atoms. The van der Waals surface area contributed by atoms with E-state index in [1.54, 1.807) is 13.8 Å². The van der Waals surface area contributed by atoms with E-state index in [1.807, 2.05) is 0 Å². The molecule has 3 amide bonds. The van der Waals surface area contributed by atoms with Crippen molar-refractivity contribution in [3.05, 3.63) is 0 Å². The van der Waals surface area contributed by atoms with Crippen LogP contribution in [-0.2, 0) is 19.2 Å². The summed E-state index contributed by atoms with van der Waals surface area (Å²) in [5, 5.41) is 17.1. The summed E-state index contributed by atoms with van der Waals surface area (Å²) in [5.41, 5.74) is 21.7. The third-order valence-electron chi connectivity index (χ3n) is 4.92. The number of aliphatic carboxylic acids is 1. The number of hydrogen-bond donors (Lipinski definition) is 9. The van der Waals surface area contributed by atoms with Gasteiger partial charge in [0.25, 0.3) is 0 Å². The molecule has 0 saturated carbocycles. The number of guanidine groups is 1. The smallest absolute Gasteiger partial charge is 0.326 e. The highest BCUT2D eigenvalue weighted by atomic mass is 32.1. The van der Waals surface area contributed by atoms with Crippen LogP contribution in [0.3, 0.4) is 0 Å². The van der Waals surface area contributed by atoms with E-state index in [9.17, 15) is 24.3 Å². The molecule has 4 unspecified atom stereocenters. The molecule has 0 rings (SSSR count). The fourth-order valence-electron chi connectivity index (χ4n) is 2.93. The predicted octanol–water partition coefficient (Wildman–Crippen LogP) is -2.38. The maximum atomic E-state index is 12.9. The van der Waals surface area contributed by atoms with Gasteiger partial charge in [0.1, 0.15) is 18.1 Å². The average molecular weight is 505 g/mol. The van der Waals surface area contributed by atoms with Crippen molar-refractivity contribution in [1.29, 1.82) is 0 Å². The second-order valence-corrected chi connectivity index (χ2v) is 8.58. The lowest BCUT2D eigenvalue weighted by Crippen LogP contribution is -2.58. The molecule has 13 nitrogen and oxygen atoms in total. The van der Waals surface area contributed by atoms with Crippen LogP contribution < -0.4 is 38.9 Å². The summed E-state index contributed by atoms with van der Waals surface area (Å²) in [6, 6.07) is -4.05. The number of hydrogen-bond acceptors (Lipinski definition) is 8. The summed E-state index contributed by atoms with van der Waals surface area (Å²) in [6.45, 7) is 4.05. The Kier molecular flexibility index (Phi) is 15.7. The van der Waals surface area contributed by atoms with Gasteiger partial charge in [-0.1, -0.05) is 13.8 Å². The zero-order chi connectivity index (χ0) is 26.3. The molecule has 0 aliphatic rings. The van der Waals surface area contributed by atoms with Gasteiger partial charge in [0, 0.05) is 12.3 Å². The van der Waals surface area contributed by atoms with Crippen molar-refractivity contribution < 1.29 is 24.3 Å². The molecule has 0 radical (unpaired) electrons. The number of nitrogens with two attached hydrogens (primary N) is 4. The SMILES string of the molecule is CC(C)C(NC(=O)C(CCCCN)NC(=O)C(N)CS)C(=O)NC(CCCN=C(N)N)C(=O)O. The molecule has 0 aromatic carbocycles. The average Bonchev–Trinajstić information content (AvgIpc) is 2.77. The number of carbonyl (C=O) groups is 4. The molecular formula is C20H40N8O5S. The van der Waals surface area contributed by atoms with E-state index in [4.69, 9.17) is 22.9 Å². The highest BCUT2D eigenvalue weighted by Crippen LogP contribution is 2.08. The summed E-state index contributed by atoms with van der Waals surface area (Å²) in [5.74, 6) is -3.37. The van der Waals surface area contributed by atoms with E-state index < -0.39 is 47.9 Å². The van der Waals surface area contributed by atoms with Gasteiger partial charge in [0.05, 0.1) is 6.04 Å². The van der Waals surface area contributed by atoms with Crippen LogP contribution in [0.1, 0.15) is 46.0 Å². The van der Waals surface area contributed by atoms with Gasteiger partial charge in [0.15, 0.2) is 5.96 Å². The van der Waals surface area contributed by atoms with E-state index in [0.717, 1.165) is 0 Å². The fourth-order valence-corrected chi connectivity index (χ4v) is 3.10. The Morgan fingerprint density at radius 3 is 2.00 bits per heavy atom. The Balaban J connectivity index is 5.31. The van der Waals surface area contributed by atoms with E-state index in [-0.39, 0.29) is 30.6 Å². The van der Waals surface area contributed by atoms with Crippen LogP contribution in [0.25, 0.3) is 0 Å². The van der Waals surface area contributed by atoms with Crippen LogP contribution in [0.5, 0.6) is 0 Å². The number of carbonyl (C=O) groups excluding carboxylic acids is 3. The molecule has 0 heterocycles. The summed E-state index contributed by atoms with van der Waals surface area (Å²) in [6.07, 6.45) is 1.93. The molecule has 0 fully saturated rings. The lowest BCUT2D eigenvalue weighted by atomic mass is 10.0. The van der Waals surface area contributed by atoms with Crippen molar-refractivity contribution in [3.63, 3.8) is 0 Å². The minimum absolute atomic E-state index is 0.0933. The first-order valence-corrected chi connectivity index (χ1v) is 11.8. The van der Waals surface area contributed by atoms with Gasteiger partial charge < -0.3 is 44.0 Å². The first kappa shape index (κ1) is 31.4. The fraction of sp³-hybridized carbons (Fsp3) is 0.750. The minimum Gasteiger partial charge on any atom is -0.480 e. The van der Waals surface area contributed by atoms with Gasteiger partial charge in [-0.05, 0) is 44.6 Å². The van der Waals surface area contributed by atoms with Gasteiger partial charge in [0.2, 0.25) is 17.7 Å². The lowest BCUT2D eigenvalue weighted by molar-refractivity contribution is -0.142. The number of nitrogens with zero attached hydrogens (tertiary/aromatic N) is 1. The van der Waals surface area contributed by atoms with Crippen molar-refractivity contribution in [2.24, 2.45) is 33.8 Å². The van der Waals surface area contributed by atoms with Crippen molar-refractivity contribution in [2.75, 3.05) is 18.8 Å². The summed E-state index contributed by atoms with van der Waals surface area (Å²) >= 11 is 3.99. The molecule has 12 N–H and O–H groups in total. The zero-order valence-electron chi connectivity index (χ0n) is 19.8. The summed E-state index contributed by atoms with van der Waals surface area (Å²) in [7, 11) is 0. The number of rotatable bonds is 17. The van der Waals surface area contributed by atoms with Gasteiger partial charge in [-0.15, -0.1) is 0 Å². The number of aliphatic imine (C=N–C) groups is 1. The van der Waals surface area contributed by atoms with Crippen molar-refractivity contribution in [3.8, 4) is 0 Å². The number of thiol groups is 1. The molecule has 14 heteroatoms. The molecule has 34 heavy (non-hydrogen) atoms. The lowest BCUT2D eigenvalue weighted by Gasteiger charge is -2.27. The van der Waals surface area contributed by atoms with Crippen LogP contribution >= 0.6 is 12.6 Å². The van der Waals surface area contributed by atoms with Crippen molar-refractivity contribution >= 4 is 42.3 Å². The van der Waals surface area contributed by atoms with Gasteiger partial charge in [-0.25, -0.2) is 4.79 Å². The van der Waals surface area contributed by atoms with Gasteiger partial charge >= 0.3 is 5.97 Å². The Labute approximate surface area is 205 Å². The minimum atomic E-state index is -1.22. The Morgan fingerprint density at radius 1 is 0.912 bits per heavy atom. The standard InChI is InChI=1S/C20H40N8O5S/c1-11(2)15(18(31)27-14(19(32)33)7-5-9-25-20(23)24)28-17(30)13(6-3-4-8-21)26-16(29)12(22)10-34/h11-15,34H,3-10,21-22H2,1-2H3,(H,26,29)(H,27,31)(H,28,30)(H,32,33)(H4,23,24,25). The molecule has 196 valence electrons. The first-order chi connectivity index (χ1) is 15.9. The summed E-state index contributed by atoms with van der Waals surface area (Å²) < 4.78 is 0. The number of nitrogens with one attached hydrogen (secondary N) is 3. The Bertz CT molecular complexity index is 702. The van der Waals surface area contributed by atoms with E-state index in [1.165, 1.54) is 0 Å². The van der Waals surface area contributed by atoms with Crippen molar-refractivity contribution in [1.82, 2.24) is 16.0 Å². The molecular weight excluding hydrogens is 464 g/mol. The third-order valence-corrected chi connectivity index (χ3v) is 5.31. The molecule has 0 spiro atoms. The van der Waals surface area contributed by atoms with Crippen molar-refractivity contribution in [2.45, 2.75) is 70.1 Å². The summed E-state index contributed by atoms with van der Waals surface area (Å²) in [4.78, 5) is 53.4. The van der Waals surface area contributed by atoms with Gasteiger partial charge in [-0.3, -0.25) is 19.4 Å². The van der Waals surface area contributed by atoms with E-state index in [0.29, 0.717) is 32.2 Å². The van der Waals surface area contributed by atoms with Crippen LogP contribution in [0.4, 0.5) is 0 Å². The molecule has 0 aromatic rings. The molecule has 0 aromatic heterocycles. The molecule has 0 aliphatic heterocycles. The van der Waals surface area contributed by atoms with E-state index >= 15 is 0 Å². The maximum absolute atomic E-state index is 12.9. The quantitative estimate of drug-likeness (QED) is 0.0444. The Hall–Kier alpha value is -2.58. The van der Waals surface area contributed by atoms with Gasteiger partial charge in [-0.2, -0.15) is 12.6 Å². The molecule has 4 atom stereocenters. The van der Waals surface area contributed by atoms with Crippen LogP contribution in [0.15, 0.2) is 4.99 Å². The second kappa shape index (κ2) is 16.9. The highest BCUT2D eigenvalue weighted by Gasteiger charge is 2.31. The topological polar surface area (TPSA) is 241 Å². The Morgan fingerprint density at radius 2 is 1.50 bits per heavy atom. The normalized spacial score (nSPS) is 14.4. The monoisotopic (exact) mass is 504 g/mol. The van der Waals surface area contributed by atoms with Crippen LogP contribution in [0.2, 0.25) is 0 Å². The predicted molar refractivity (Wildman–Crippen MR) is 133 cm³/mol. The van der Waals surface area contributed by atoms with E-state index in [2.05, 4.69) is 33.6 Å². The largest absolute Gasteiger partial charge is 0.480 e. The number of carboxylic acid groups (broad SMARTS) is 1. The molecule has 0 saturated heterocycles. The number of unbranched alkanes of at least 4 members (excludes halogenated alkanes) is 1. The van der Waals surface area contributed by atoms with Crippen LogP contribution in [-0.4, -0.2) is 77.8 Å². The third kappa shape index (κ3) is 12.6. The maximum Gasteiger partial charge on any atom is 0.326 e. The zero-order valence-corrected chi connectivity index (χ0v) is 20.7. The first-order valence-electron chi connectivity index (χ1n) is 11.2. The second-order valence-electron chi connectivity index (χ2n) is 8.21. The number of amides is 3. The number of carboxylic acids is 1.